The van der Waals surface area contributed by atoms with Crippen LogP contribution in [0.2, 0.25) is 5.02 Å². The number of hydrogen-bond acceptors (Lipinski definition) is 9. The van der Waals surface area contributed by atoms with Crippen molar-refractivity contribution in [2.75, 3.05) is 13.7 Å². The predicted molar refractivity (Wildman–Crippen MR) is 184 cm³/mol. The molecule has 0 aliphatic carbocycles. The number of nitrogens with one attached hydrogen (secondary N) is 3. The number of methoxy groups -OCH3 is 1. The van der Waals surface area contributed by atoms with Gasteiger partial charge in [-0.2, -0.15) is 13.2 Å². The summed E-state index contributed by atoms with van der Waals surface area (Å²) in [4.78, 5) is 69.5. The smallest absolute Gasteiger partial charge is 0.452 e. The Balaban J connectivity index is 1.93. The molecule has 3 N–H and O–H groups in total. The molecule has 52 heavy (non-hydrogen) atoms. The first kappa shape index (κ1) is 41.2. The van der Waals surface area contributed by atoms with Gasteiger partial charge in [-0.1, -0.05) is 55.8 Å². The highest BCUT2D eigenvalue weighted by Gasteiger charge is 2.45. The molecule has 3 aromatic rings. The van der Waals surface area contributed by atoms with Crippen molar-refractivity contribution in [3.05, 3.63) is 88.6 Å². The van der Waals surface area contributed by atoms with Gasteiger partial charge in [0, 0.05) is 17.5 Å². The number of nitrogens with zero attached hydrogens (tertiary/aromatic N) is 1. The lowest BCUT2D eigenvalue weighted by molar-refractivity contribution is -0.175. The molecule has 0 aliphatic rings. The molecule has 0 radical (unpaired) electrons. The first-order valence-electron chi connectivity index (χ1n) is 16.0. The van der Waals surface area contributed by atoms with Gasteiger partial charge in [0.2, 0.25) is 17.7 Å². The Morgan fingerprint density at radius 1 is 0.865 bits per heavy atom. The maximum Gasteiger partial charge on any atom is 0.452 e. The molecule has 2 aromatic carbocycles. The number of pyridine rings is 1. The van der Waals surface area contributed by atoms with Crippen molar-refractivity contribution in [3.8, 4) is 11.6 Å². The lowest BCUT2D eigenvalue weighted by atomic mass is 9.97. The lowest BCUT2D eigenvalue weighted by Gasteiger charge is -2.27. The van der Waals surface area contributed by atoms with E-state index >= 15 is 0 Å². The number of ether oxygens (including phenoxy) is 3. The van der Waals surface area contributed by atoms with E-state index in [1.807, 2.05) is 0 Å². The van der Waals surface area contributed by atoms with Crippen LogP contribution in [0, 0.1) is 5.92 Å². The summed E-state index contributed by atoms with van der Waals surface area (Å²) in [5, 5.41) is 7.57. The normalized spacial score (nSPS) is 13.3. The van der Waals surface area contributed by atoms with E-state index in [0.29, 0.717) is 16.3 Å². The van der Waals surface area contributed by atoms with Crippen LogP contribution in [0.1, 0.15) is 62.3 Å². The molecule has 1 aromatic heterocycles. The van der Waals surface area contributed by atoms with Gasteiger partial charge >= 0.3 is 12.1 Å². The van der Waals surface area contributed by atoms with Crippen LogP contribution in [-0.4, -0.2) is 72.0 Å². The minimum Gasteiger partial charge on any atom is -0.497 e. The molecule has 0 saturated carbocycles. The molecule has 3 unspecified atom stereocenters. The summed E-state index contributed by atoms with van der Waals surface area (Å²) in [6.45, 7) is 7.23. The Morgan fingerprint density at radius 2 is 1.52 bits per heavy atom. The van der Waals surface area contributed by atoms with Gasteiger partial charge in [-0.15, -0.1) is 0 Å². The fourth-order valence-electron chi connectivity index (χ4n) is 4.75. The molecule has 16 heteroatoms. The molecule has 3 rings (SSSR count). The van der Waals surface area contributed by atoms with Crippen molar-refractivity contribution in [3.63, 3.8) is 0 Å². The summed E-state index contributed by atoms with van der Waals surface area (Å²) in [5.74, 6) is -6.35. The van der Waals surface area contributed by atoms with Crippen molar-refractivity contribution < 1.29 is 51.4 Å². The van der Waals surface area contributed by atoms with E-state index in [2.05, 4.69) is 20.9 Å². The molecular weight excluding hydrogens is 709 g/mol. The first-order valence-corrected chi connectivity index (χ1v) is 16.4. The monoisotopic (exact) mass is 748 g/mol. The molecule has 0 fully saturated rings. The Bertz CT molecular complexity index is 1750. The average Bonchev–Trinajstić information content (AvgIpc) is 3.06. The second-order valence-corrected chi connectivity index (χ2v) is 13.3. The quantitative estimate of drug-likeness (QED) is 0.183. The van der Waals surface area contributed by atoms with Crippen molar-refractivity contribution >= 4 is 41.1 Å². The van der Waals surface area contributed by atoms with Crippen molar-refractivity contribution in [1.82, 2.24) is 20.9 Å². The second-order valence-electron chi connectivity index (χ2n) is 12.9. The first-order chi connectivity index (χ1) is 24.3. The fourth-order valence-corrected chi connectivity index (χ4v) is 4.97. The number of carbonyl (C=O) groups excluding carboxylic acids is 5. The Labute approximate surface area is 303 Å². The van der Waals surface area contributed by atoms with E-state index in [4.69, 9.17) is 25.8 Å². The van der Waals surface area contributed by atoms with E-state index in [0.717, 1.165) is 0 Å². The number of carbonyl (C=O) groups is 5. The zero-order valence-electron chi connectivity index (χ0n) is 29.3. The van der Waals surface area contributed by atoms with E-state index in [1.165, 1.54) is 63.4 Å². The minimum absolute atomic E-state index is 0.0845. The number of esters is 1. The van der Waals surface area contributed by atoms with Crippen LogP contribution in [0.3, 0.4) is 0 Å². The van der Waals surface area contributed by atoms with Crippen molar-refractivity contribution in [1.29, 1.82) is 0 Å². The van der Waals surface area contributed by atoms with Gasteiger partial charge in [-0.3, -0.25) is 19.2 Å². The largest absolute Gasteiger partial charge is 0.497 e. The van der Waals surface area contributed by atoms with Gasteiger partial charge in [-0.05, 0) is 68.1 Å². The van der Waals surface area contributed by atoms with Crippen LogP contribution in [0.5, 0.6) is 11.6 Å². The molecule has 0 spiro atoms. The van der Waals surface area contributed by atoms with E-state index in [-0.39, 0.29) is 23.6 Å². The fraction of sp³-hybridized carbons (Fsp3) is 0.389. The van der Waals surface area contributed by atoms with E-state index in [9.17, 15) is 37.1 Å². The van der Waals surface area contributed by atoms with Gasteiger partial charge in [0.15, 0.2) is 6.61 Å². The SMILES string of the molecule is COc1ccc(C(NC(=O)C(Cc2cccc(Cl)c2)NC(=O)c2cccc(OCC(=O)OC(C)(C)C)n2)C(=O)NC(C(=O)C(F)(F)F)C(C)C)cc1. The van der Waals surface area contributed by atoms with E-state index < -0.39 is 71.9 Å². The summed E-state index contributed by atoms with van der Waals surface area (Å²) in [6, 6.07) is 11.4. The highest BCUT2D eigenvalue weighted by Crippen LogP contribution is 2.24. The zero-order chi connectivity index (χ0) is 38.8. The highest BCUT2D eigenvalue weighted by molar-refractivity contribution is 6.30. The second kappa shape index (κ2) is 17.8. The van der Waals surface area contributed by atoms with Gasteiger partial charge < -0.3 is 30.2 Å². The van der Waals surface area contributed by atoms with Gasteiger partial charge in [0.1, 0.15) is 29.1 Å². The van der Waals surface area contributed by atoms with Gasteiger partial charge in [0.05, 0.1) is 13.2 Å². The molecule has 1 heterocycles. The Hall–Kier alpha value is -5.18. The van der Waals surface area contributed by atoms with Crippen molar-refractivity contribution in [2.24, 2.45) is 5.92 Å². The van der Waals surface area contributed by atoms with Crippen molar-refractivity contribution in [2.45, 2.75) is 70.9 Å². The summed E-state index contributed by atoms with van der Waals surface area (Å²) < 4.78 is 56.0. The molecule has 0 bridgehead atoms. The molecule has 0 aliphatic heterocycles. The number of benzene rings is 2. The third kappa shape index (κ3) is 12.5. The summed E-state index contributed by atoms with van der Waals surface area (Å²) in [6.07, 6.45) is -5.38. The van der Waals surface area contributed by atoms with Crippen LogP contribution in [-0.2, 0) is 30.3 Å². The van der Waals surface area contributed by atoms with Crippen LogP contribution >= 0.6 is 11.6 Å². The van der Waals surface area contributed by atoms with Crippen LogP contribution < -0.4 is 25.4 Å². The topological polar surface area (TPSA) is 162 Å². The number of rotatable bonds is 15. The van der Waals surface area contributed by atoms with Crippen LogP contribution in [0.4, 0.5) is 13.2 Å². The standard InChI is InChI=1S/C36H40ClF3N4O8/c1-20(2)29(31(46)36(38,39)40)43-34(49)30(22-13-15-24(50-6)16-14-22)44-33(48)26(18-21-9-7-10-23(37)17-21)42-32(47)25-11-8-12-27(41-25)51-19-28(45)52-35(3,4)5/h7-17,20,26,29-30H,18-19H2,1-6H3,(H,42,47)(H,43,49)(H,44,48). The molecule has 0 saturated heterocycles. The van der Waals surface area contributed by atoms with Crippen LogP contribution in [0.15, 0.2) is 66.7 Å². The number of halogens is 4. The molecular formula is C36H40ClF3N4O8. The molecule has 12 nitrogen and oxygen atoms in total. The summed E-state index contributed by atoms with van der Waals surface area (Å²) in [5.41, 5.74) is -0.299. The number of aromatic nitrogens is 1. The maximum absolute atomic E-state index is 14.0. The molecule has 3 atom stereocenters. The summed E-state index contributed by atoms with van der Waals surface area (Å²) in [7, 11) is 1.40. The average molecular weight is 749 g/mol. The molecule has 3 amide bonds. The summed E-state index contributed by atoms with van der Waals surface area (Å²) >= 11 is 6.16. The Morgan fingerprint density at radius 3 is 2.10 bits per heavy atom. The zero-order valence-corrected chi connectivity index (χ0v) is 30.1. The number of Topliss-reactive ketones (excluding diaryl/α,β-unsaturated/α-hetero) is 1. The minimum atomic E-state index is -5.24. The number of alkyl halides is 3. The maximum atomic E-state index is 14.0. The lowest BCUT2D eigenvalue weighted by Crippen LogP contribution is -2.55. The third-order valence-electron chi connectivity index (χ3n) is 7.19. The van der Waals surface area contributed by atoms with E-state index in [1.54, 1.807) is 45.0 Å². The third-order valence-corrected chi connectivity index (χ3v) is 7.42. The molecule has 280 valence electrons. The van der Waals surface area contributed by atoms with Gasteiger partial charge in [0.25, 0.3) is 11.7 Å². The highest BCUT2D eigenvalue weighted by atomic mass is 35.5. The Kier molecular flexibility index (Phi) is 14.2. The van der Waals surface area contributed by atoms with Gasteiger partial charge in [-0.25, -0.2) is 9.78 Å². The predicted octanol–water partition coefficient (Wildman–Crippen LogP) is 4.93. The number of amides is 3. The van der Waals surface area contributed by atoms with Crippen LogP contribution in [0.25, 0.3) is 0 Å². The number of ketones is 1. The number of hydrogen-bond donors (Lipinski definition) is 3.